The number of fused-ring (bicyclic) bond motifs is 3. The second kappa shape index (κ2) is 7.23. The van der Waals surface area contributed by atoms with E-state index in [0.29, 0.717) is 30.7 Å². The number of aliphatic hydroxyl groups is 1. The number of benzene rings is 1. The molecule has 1 aromatic carbocycles. The van der Waals surface area contributed by atoms with Crippen LogP contribution in [0.3, 0.4) is 0 Å². The van der Waals surface area contributed by atoms with Gasteiger partial charge in [-0.05, 0) is 57.2 Å². The predicted molar refractivity (Wildman–Crippen MR) is 118 cm³/mol. The molecule has 31 heavy (non-hydrogen) atoms. The highest BCUT2D eigenvalue weighted by Gasteiger charge is 2.43. The van der Waals surface area contributed by atoms with Crippen molar-refractivity contribution >= 4 is 27.8 Å². The number of likely N-dealkylation sites (tertiary alicyclic amines) is 1. The Hall–Kier alpha value is -2.60. The van der Waals surface area contributed by atoms with E-state index < -0.39 is 11.2 Å². The van der Waals surface area contributed by atoms with Crippen molar-refractivity contribution in [2.24, 2.45) is 5.92 Å². The minimum atomic E-state index is -0.627. The maximum Gasteiger partial charge on any atom is 0.340 e. The molecule has 1 aliphatic carbocycles. The van der Waals surface area contributed by atoms with Crippen LogP contribution in [-0.4, -0.2) is 34.6 Å². The highest BCUT2D eigenvalue weighted by atomic mass is 16.4. The van der Waals surface area contributed by atoms with E-state index in [4.69, 9.17) is 8.83 Å². The van der Waals surface area contributed by atoms with Crippen molar-refractivity contribution in [3.8, 4) is 0 Å². The molecule has 6 nitrogen and oxygen atoms in total. The van der Waals surface area contributed by atoms with Crippen LogP contribution in [-0.2, 0) is 11.2 Å². The summed E-state index contributed by atoms with van der Waals surface area (Å²) < 4.78 is 11.3. The first-order valence-corrected chi connectivity index (χ1v) is 11.2. The molecule has 0 radical (unpaired) electrons. The standard InChI is InChI=1S/C25H29NO5/c1-14-13-30-22-16(3)23-19(10-18(14)22)15(2)20(24(28)31-23)11-21(27)26-9-8-25(29)7-5-4-6-17(25)12-26/h10,13,17,29H,4-9,11-12H2,1-3H3/t17-,25+/m0/s1. The van der Waals surface area contributed by atoms with E-state index in [1.165, 1.54) is 0 Å². The quantitative estimate of drug-likeness (QED) is 0.626. The molecule has 1 amide bonds. The zero-order valence-corrected chi connectivity index (χ0v) is 18.4. The Morgan fingerprint density at radius 3 is 2.77 bits per heavy atom. The third-order valence-electron chi connectivity index (χ3n) is 7.64. The number of rotatable bonds is 2. The van der Waals surface area contributed by atoms with Crippen molar-refractivity contribution in [1.29, 1.82) is 0 Å². The monoisotopic (exact) mass is 423 g/mol. The molecule has 0 unspecified atom stereocenters. The molecular formula is C25H29NO5. The molecule has 6 heteroatoms. The van der Waals surface area contributed by atoms with Gasteiger partial charge in [0.1, 0.15) is 11.2 Å². The van der Waals surface area contributed by atoms with Gasteiger partial charge in [0.05, 0.1) is 23.8 Å². The summed E-state index contributed by atoms with van der Waals surface area (Å²) in [5, 5.41) is 12.7. The molecule has 1 saturated heterocycles. The number of amides is 1. The number of aryl methyl sites for hydroxylation is 3. The summed E-state index contributed by atoms with van der Waals surface area (Å²) in [5.41, 5.74) is 3.19. The molecule has 1 saturated carbocycles. The maximum absolute atomic E-state index is 13.1. The molecule has 5 rings (SSSR count). The first kappa shape index (κ1) is 20.3. The van der Waals surface area contributed by atoms with Gasteiger partial charge in [-0.2, -0.15) is 0 Å². The van der Waals surface area contributed by atoms with Gasteiger partial charge in [-0.1, -0.05) is 12.8 Å². The summed E-state index contributed by atoms with van der Waals surface area (Å²) in [7, 11) is 0. The Balaban J connectivity index is 1.47. The van der Waals surface area contributed by atoms with Crippen LogP contribution in [0, 0.1) is 26.7 Å². The predicted octanol–water partition coefficient (Wildman–Crippen LogP) is 4.16. The molecule has 0 bridgehead atoms. The molecule has 2 aromatic heterocycles. The number of hydrogen-bond donors (Lipinski definition) is 1. The molecular weight excluding hydrogens is 394 g/mol. The molecule has 2 atom stereocenters. The first-order chi connectivity index (χ1) is 14.8. The van der Waals surface area contributed by atoms with Gasteiger partial charge in [-0.15, -0.1) is 0 Å². The van der Waals surface area contributed by atoms with Crippen molar-refractivity contribution < 1.29 is 18.7 Å². The number of piperidine rings is 1. The fraction of sp³-hybridized carbons (Fsp3) is 0.520. The van der Waals surface area contributed by atoms with Crippen LogP contribution in [0.1, 0.15) is 54.4 Å². The van der Waals surface area contributed by atoms with Crippen LogP contribution in [0.2, 0.25) is 0 Å². The first-order valence-electron chi connectivity index (χ1n) is 11.2. The van der Waals surface area contributed by atoms with Crippen LogP contribution in [0.15, 0.2) is 26.0 Å². The van der Waals surface area contributed by atoms with Crippen molar-refractivity contribution in [3.63, 3.8) is 0 Å². The number of hydrogen-bond acceptors (Lipinski definition) is 5. The van der Waals surface area contributed by atoms with Crippen LogP contribution in [0.4, 0.5) is 0 Å². The van der Waals surface area contributed by atoms with Crippen LogP contribution in [0.5, 0.6) is 0 Å². The van der Waals surface area contributed by atoms with Crippen LogP contribution in [0.25, 0.3) is 21.9 Å². The molecule has 164 valence electrons. The summed E-state index contributed by atoms with van der Waals surface area (Å²) in [6, 6.07) is 1.99. The van der Waals surface area contributed by atoms with E-state index in [-0.39, 0.29) is 18.2 Å². The largest absolute Gasteiger partial charge is 0.464 e. The lowest BCUT2D eigenvalue weighted by atomic mass is 9.71. The minimum Gasteiger partial charge on any atom is -0.464 e. The topological polar surface area (TPSA) is 83.9 Å². The molecule has 3 aromatic rings. The highest BCUT2D eigenvalue weighted by Crippen LogP contribution is 2.40. The summed E-state index contributed by atoms with van der Waals surface area (Å²) in [5.74, 6) is 0.0627. The van der Waals surface area contributed by atoms with Gasteiger partial charge in [0.15, 0.2) is 0 Å². The average Bonchev–Trinajstić information content (AvgIpc) is 3.12. The van der Waals surface area contributed by atoms with Crippen molar-refractivity contribution in [2.75, 3.05) is 13.1 Å². The summed E-state index contributed by atoms with van der Waals surface area (Å²) in [4.78, 5) is 27.8. The zero-order chi connectivity index (χ0) is 21.9. The lowest BCUT2D eigenvalue weighted by Crippen LogP contribution is -2.55. The van der Waals surface area contributed by atoms with E-state index in [2.05, 4.69) is 0 Å². The summed E-state index contributed by atoms with van der Waals surface area (Å²) in [6.45, 7) is 6.87. The van der Waals surface area contributed by atoms with E-state index in [1.54, 1.807) is 6.26 Å². The normalized spacial score (nSPS) is 24.0. The van der Waals surface area contributed by atoms with Crippen molar-refractivity contribution in [3.05, 3.63) is 45.0 Å². The second-order valence-corrected chi connectivity index (χ2v) is 9.48. The molecule has 2 aliphatic rings. The number of carbonyl (C=O) groups is 1. The lowest BCUT2D eigenvalue weighted by molar-refractivity contribution is -0.142. The van der Waals surface area contributed by atoms with Crippen LogP contribution < -0.4 is 5.63 Å². The molecule has 2 fully saturated rings. The van der Waals surface area contributed by atoms with E-state index >= 15 is 0 Å². The minimum absolute atomic E-state index is 0.0245. The Kier molecular flexibility index (Phi) is 4.74. The van der Waals surface area contributed by atoms with Gasteiger partial charge in [0.2, 0.25) is 5.91 Å². The van der Waals surface area contributed by atoms with Gasteiger partial charge in [-0.25, -0.2) is 4.79 Å². The SMILES string of the molecule is Cc1coc2c(C)c3oc(=O)c(CC(=O)N4CC[C@]5(O)CCCC[C@H]5C4)c(C)c3cc12. The fourth-order valence-corrected chi connectivity index (χ4v) is 5.58. The fourth-order valence-electron chi connectivity index (χ4n) is 5.58. The Labute approximate surface area is 180 Å². The van der Waals surface area contributed by atoms with E-state index in [1.807, 2.05) is 31.7 Å². The Bertz CT molecular complexity index is 1250. The highest BCUT2D eigenvalue weighted by molar-refractivity contribution is 6.00. The molecule has 1 N–H and O–H groups in total. The smallest absolute Gasteiger partial charge is 0.340 e. The van der Waals surface area contributed by atoms with Gasteiger partial charge >= 0.3 is 5.63 Å². The number of furan rings is 1. The Morgan fingerprint density at radius 1 is 1.16 bits per heavy atom. The second-order valence-electron chi connectivity index (χ2n) is 9.48. The Morgan fingerprint density at radius 2 is 1.97 bits per heavy atom. The molecule has 0 spiro atoms. The van der Waals surface area contributed by atoms with Crippen LogP contribution >= 0.6 is 0 Å². The maximum atomic E-state index is 13.1. The van der Waals surface area contributed by atoms with Gasteiger partial charge in [0.25, 0.3) is 0 Å². The van der Waals surface area contributed by atoms with Gasteiger partial charge in [0, 0.05) is 35.3 Å². The molecule has 1 aliphatic heterocycles. The number of nitrogens with zero attached hydrogens (tertiary/aromatic N) is 1. The summed E-state index contributed by atoms with van der Waals surface area (Å²) in [6.07, 6.45) is 6.29. The zero-order valence-electron chi connectivity index (χ0n) is 18.4. The third kappa shape index (κ3) is 3.19. The van der Waals surface area contributed by atoms with Crippen molar-refractivity contribution in [2.45, 2.75) is 64.9 Å². The molecule has 3 heterocycles. The number of carbonyl (C=O) groups excluding carboxylic acids is 1. The summed E-state index contributed by atoms with van der Waals surface area (Å²) >= 11 is 0. The third-order valence-corrected chi connectivity index (χ3v) is 7.64. The van der Waals surface area contributed by atoms with E-state index in [9.17, 15) is 14.7 Å². The lowest BCUT2D eigenvalue weighted by Gasteiger charge is -2.47. The van der Waals surface area contributed by atoms with Crippen molar-refractivity contribution in [1.82, 2.24) is 4.90 Å². The van der Waals surface area contributed by atoms with E-state index in [0.717, 1.165) is 58.7 Å². The van der Waals surface area contributed by atoms with Gasteiger partial charge < -0.3 is 18.8 Å². The average molecular weight is 424 g/mol. The van der Waals surface area contributed by atoms with Gasteiger partial charge in [-0.3, -0.25) is 4.79 Å².